The minimum Gasteiger partial charge on any atom is -0.487 e. The highest BCUT2D eigenvalue weighted by atomic mass is 16.5. The van der Waals surface area contributed by atoms with Gasteiger partial charge in [0, 0.05) is 31.1 Å². The lowest BCUT2D eigenvalue weighted by Gasteiger charge is -2.30. The number of morpholine rings is 1. The van der Waals surface area contributed by atoms with Crippen LogP contribution in [-0.4, -0.2) is 38.3 Å². The number of ether oxygens (including phenoxy) is 2. The highest BCUT2D eigenvalue weighted by Gasteiger charge is 2.31. The van der Waals surface area contributed by atoms with Gasteiger partial charge in [0.1, 0.15) is 11.4 Å². The number of rotatable bonds is 3. The Morgan fingerprint density at radius 3 is 2.75 bits per heavy atom. The molecule has 2 heterocycles. The summed E-state index contributed by atoms with van der Waals surface area (Å²) in [6.45, 7) is 7.22. The Kier molecular flexibility index (Phi) is 3.30. The standard InChI is InChI=1S/C15H19N2O3/c1-15(2)9-11-7-13(17-3-5-19-6-4-17)12(16-10-18)8-14(11)20-15/h7-8H,3-6,9H2,1-2H3,(H,16,18). The van der Waals surface area contributed by atoms with Crippen LogP contribution in [-0.2, 0) is 16.0 Å². The van der Waals surface area contributed by atoms with E-state index < -0.39 is 0 Å². The molecule has 0 aliphatic carbocycles. The summed E-state index contributed by atoms with van der Waals surface area (Å²) in [7, 11) is 0. The van der Waals surface area contributed by atoms with Crippen molar-refractivity contribution < 1.29 is 14.3 Å². The van der Waals surface area contributed by atoms with Crippen LogP contribution in [0.3, 0.4) is 0 Å². The Bertz CT molecular complexity index is 522. The van der Waals surface area contributed by atoms with E-state index in [-0.39, 0.29) is 5.60 Å². The summed E-state index contributed by atoms with van der Waals surface area (Å²) >= 11 is 0. The van der Waals surface area contributed by atoms with Crippen molar-refractivity contribution in [2.24, 2.45) is 0 Å². The number of carbonyl (C=O) groups excluding carboxylic acids is 1. The summed E-state index contributed by atoms with van der Waals surface area (Å²) in [5.74, 6) is 0.852. The summed E-state index contributed by atoms with van der Waals surface area (Å²) in [6.07, 6.45) is 2.64. The average Bonchev–Trinajstić information content (AvgIpc) is 2.72. The lowest BCUT2D eigenvalue weighted by Crippen LogP contribution is -2.36. The molecule has 1 aromatic carbocycles. The maximum Gasteiger partial charge on any atom is 0.314 e. The third-order valence-corrected chi connectivity index (χ3v) is 3.72. The first-order valence-corrected chi connectivity index (χ1v) is 6.91. The fourth-order valence-corrected chi connectivity index (χ4v) is 2.86. The van der Waals surface area contributed by atoms with Crippen LogP contribution in [0.15, 0.2) is 12.1 Å². The molecule has 0 bridgehead atoms. The highest BCUT2D eigenvalue weighted by molar-refractivity contribution is 5.83. The molecule has 107 valence electrons. The zero-order valence-corrected chi connectivity index (χ0v) is 11.9. The van der Waals surface area contributed by atoms with E-state index in [4.69, 9.17) is 9.47 Å². The Balaban J connectivity index is 1.97. The smallest absolute Gasteiger partial charge is 0.314 e. The van der Waals surface area contributed by atoms with Crippen LogP contribution in [0.25, 0.3) is 0 Å². The zero-order chi connectivity index (χ0) is 14.2. The van der Waals surface area contributed by atoms with Gasteiger partial charge in [-0.1, -0.05) is 0 Å². The van der Waals surface area contributed by atoms with E-state index in [2.05, 4.69) is 30.1 Å². The Morgan fingerprint density at radius 1 is 1.30 bits per heavy atom. The molecule has 0 atom stereocenters. The van der Waals surface area contributed by atoms with Crippen molar-refractivity contribution in [1.82, 2.24) is 0 Å². The molecule has 0 aromatic heterocycles. The fraction of sp³-hybridized carbons (Fsp3) is 0.533. The van der Waals surface area contributed by atoms with Crippen LogP contribution in [0.5, 0.6) is 5.75 Å². The Hall–Kier alpha value is -1.75. The Labute approximate surface area is 118 Å². The van der Waals surface area contributed by atoms with Crippen molar-refractivity contribution >= 4 is 17.8 Å². The Morgan fingerprint density at radius 2 is 2.05 bits per heavy atom. The molecular weight excluding hydrogens is 256 g/mol. The molecule has 0 spiro atoms. The summed E-state index contributed by atoms with van der Waals surface area (Å²) in [6, 6.07) is 4.02. The largest absolute Gasteiger partial charge is 0.487 e. The third-order valence-electron chi connectivity index (χ3n) is 3.72. The van der Waals surface area contributed by atoms with Gasteiger partial charge < -0.3 is 19.7 Å². The third kappa shape index (κ3) is 2.45. The normalized spacial score (nSPS) is 20.2. The molecular formula is C15H19N2O3. The number of hydrogen-bond donors (Lipinski definition) is 1. The van der Waals surface area contributed by atoms with Gasteiger partial charge in [-0.25, -0.2) is 0 Å². The number of amides is 1. The summed E-state index contributed by atoms with van der Waals surface area (Å²) in [5, 5.41) is 2.66. The average molecular weight is 275 g/mol. The molecule has 5 nitrogen and oxygen atoms in total. The number of anilines is 2. The van der Waals surface area contributed by atoms with Gasteiger partial charge in [-0.15, -0.1) is 0 Å². The first-order valence-electron chi connectivity index (χ1n) is 6.91. The van der Waals surface area contributed by atoms with Crippen molar-refractivity contribution in [3.05, 3.63) is 17.7 Å². The predicted octanol–water partition coefficient (Wildman–Crippen LogP) is 1.72. The van der Waals surface area contributed by atoms with Crippen LogP contribution in [0.1, 0.15) is 19.4 Å². The van der Waals surface area contributed by atoms with Crippen molar-refractivity contribution in [3.63, 3.8) is 0 Å². The number of nitrogens with one attached hydrogen (secondary N) is 1. The minimum absolute atomic E-state index is 0.186. The van der Waals surface area contributed by atoms with Gasteiger partial charge >= 0.3 is 6.41 Å². The maximum absolute atomic E-state index is 10.7. The minimum atomic E-state index is -0.186. The predicted molar refractivity (Wildman–Crippen MR) is 77.2 cm³/mol. The van der Waals surface area contributed by atoms with Gasteiger partial charge in [0.05, 0.1) is 24.6 Å². The molecule has 20 heavy (non-hydrogen) atoms. The second-order valence-corrected chi connectivity index (χ2v) is 5.84. The number of benzene rings is 1. The van der Waals surface area contributed by atoms with Gasteiger partial charge in [0.25, 0.3) is 0 Å². The molecule has 1 N–H and O–H groups in total. The molecule has 1 amide bonds. The molecule has 3 rings (SSSR count). The van der Waals surface area contributed by atoms with E-state index >= 15 is 0 Å². The van der Waals surface area contributed by atoms with E-state index in [0.717, 1.165) is 36.6 Å². The molecule has 0 saturated carbocycles. The summed E-state index contributed by atoms with van der Waals surface area (Å²) < 4.78 is 11.3. The van der Waals surface area contributed by atoms with Crippen LogP contribution < -0.4 is 15.0 Å². The second-order valence-electron chi connectivity index (χ2n) is 5.84. The van der Waals surface area contributed by atoms with Crippen molar-refractivity contribution in [2.45, 2.75) is 25.9 Å². The van der Waals surface area contributed by atoms with Crippen LogP contribution in [0.4, 0.5) is 11.4 Å². The zero-order valence-electron chi connectivity index (χ0n) is 11.9. The van der Waals surface area contributed by atoms with Crippen LogP contribution in [0, 0.1) is 0 Å². The first kappa shape index (κ1) is 13.2. The van der Waals surface area contributed by atoms with Crippen molar-refractivity contribution in [2.75, 3.05) is 36.5 Å². The van der Waals surface area contributed by atoms with E-state index in [1.54, 1.807) is 6.41 Å². The lowest BCUT2D eigenvalue weighted by molar-refractivity contribution is 0.123. The number of nitrogens with zero attached hydrogens (tertiary/aromatic N) is 1. The van der Waals surface area contributed by atoms with Gasteiger partial charge in [-0.05, 0) is 19.9 Å². The van der Waals surface area contributed by atoms with Crippen molar-refractivity contribution in [1.29, 1.82) is 0 Å². The first-order chi connectivity index (χ1) is 9.59. The SMILES string of the molecule is CC1(C)Cc2cc(N3CCOCC3)c(N[C]=O)cc2O1. The number of fused-ring (bicyclic) bond motifs is 1. The van der Waals surface area contributed by atoms with E-state index in [9.17, 15) is 4.79 Å². The number of hydrogen-bond acceptors (Lipinski definition) is 4. The van der Waals surface area contributed by atoms with E-state index in [0.29, 0.717) is 13.2 Å². The highest BCUT2D eigenvalue weighted by Crippen LogP contribution is 2.41. The summed E-state index contributed by atoms with van der Waals surface area (Å²) in [4.78, 5) is 12.9. The molecule has 1 fully saturated rings. The molecule has 0 unspecified atom stereocenters. The van der Waals surface area contributed by atoms with Crippen LogP contribution >= 0.6 is 0 Å². The van der Waals surface area contributed by atoms with Gasteiger partial charge in [0.2, 0.25) is 0 Å². The monoisotopic (exact) mass is 275 g/mol. The fourth-order valence-electron chi connectivity index (χ4n) is 2.86. The topological polar surface area (TPSA) is 50.8 Å². The lowest BCUT2D eigenvalue weighted by atomic mass is 10.0. The van der Waals surface area contributed by atoms with Gasteiger partial charge in [-0.3, -0.25) is 4.79 Å². The van der Waals surface area contributed by atoms with Crippen LogP contribution in [0.2, 0.25) is 0 Å². The molecule has 2 aliphatic rings. The maximum atomic E-state index is 10.7. The summed E-state index contributed by atoms with van der Waals surface area (Å²) in [5.41, 5.74) is 2.77. The second kappa shape index (κ2) is 4.98. The van der Waals surface area contributed by atoms with E-state index in [1.165, 1.54) is 5.56 Å². The molecule has 2 aliphatic heterocycles. The molecule has 5 heteroatoms. The molecule has 1 aromatic rings. The molecule has 1 saturated heterocycles. The van der Waals surface area contributed by atoms with E-state index in [1.807, 2.05) is 6.07 Å². The quantitative estimate of drug-likeness (QED) is 0.853. The van der Waals surface area contributed by atoms with Crippen molar-refractivity contribution in [3.8, 4) is 5.75 Å². The molecule has 1 radical (unpaired) electrons. The van der Waals surface area contributed by atoms with Gasteiger partial charge in [-0.2, -0.15) is 0 Å². The van der Waals surface area contributed by atoms with Gasteiger partial charge in [0.15, 0.2) is 0 Å².